The molecule has 3 aromatic rings. The molecule has 0 spiro atoms. The molecule has 0 saturated carbocycles. The maximum atomic E-state index is 13.7. The molecular weight excluding hydrogens is 412 g/mol. The summed E-state index contributed by atoms with van der Waals surface area (Å²) < 4.78 is 21.7. The number of hydrogen-bond acceptors (Lipinski definition) is 8. The van der Waals surface area contributed by atoms with E-state index >= 15 is 0 Å². The number of ether oxygens (including phenoxy) is 3. The molecule has 1 heterocycles. The first kappa shape index (κ1) is 22.6. The van der Waals surface area contributed by atoms with Crippen molar-refractivity contribution in [2.24, 2.45) is 5.10 Å². The Morgan fingerprint density at radius 2 is 1.81 bits per heavy atom. The lowest BCUT2D eigenvalue weighted by molar-refractivity contribution is 0.103. The minimum absolute atomic E-state index is 0.0936. The van der Waals surface area contributed by atoms with Gasteiger partial charge in [-0.15, -0.1) is 6.42 Å². The molecule has 32 heavy (non-hydrogen) atoms. The second-order valence-corrected chi connectivity index (χ2v) is 7.02. The predicted octanol–water partition coefficient (Wildman–Crippen LogP) is 3.66. The molecule has 0 bridgehead atoms. The van der Waals surface area contributed by atoms with Crippen molar-refractivity contribution < 1.29 is 28.5 Å². The quantitative estimate of drug-likeness (QED) is 0.249. The molecule has 166 valence electrons. The van der Waals surface area contributed by atoms with E-state index in [1.165, 1.54) is 27.5 Å². The molecule has 0 saturated heterocycles. The molecule has 0 amide bonds. The molecule has 0 aliphatic rings. The summed E-state index contributed by atoms with van der Waals surface area (Å²) >= 11 is 0. The number of carbonyl (C=O) groups is 1. The van der Waals surface area contributed by atoms with Crippen LogP contribution in [0.3, 0.4) is 0 Å². The zero-order valence-electron chi connectivity index (χ0n) is 18.5. The fourth-order valence-electron chi connectivity index (χ4n) is 3.23. The highest BCUT2D eigenvalue weighted by Gasteiger charge is 2.29. The highest BCUT2D eigenvalue weighted by Crippen LogP contribution is 2.41. The number of hydrazone groups is 1. The molecule has 8 heteroatoms. The van der Waals surface area contributed by atoms with Gasteiger partial charge >= 0.3 is 0 Å². The van der Waals surface area contributed by atoms with Gasteiger partial charge in [0, 0.05) is 37.3 Å². The lowest BCUT2D eigenvalue weighted by Gasteiger charge is -2.10. The van der Waals surface area contributed by atoms with Crippen molar-refractivity contribution in [2.45, 2.75) is 5.92 Å². The van der Waals surface area contributed by atoms with Crippen LogP contribution in [0, 0.1) is 12.3 Å². The first-order valence-electron chi connectivity index (χ1n) is 9.62. The molecule has 0 fully saturated rings. The summed E-state index contributed by atoms with van der Waals surface area (Å²) in [5.74, 6) is 2.52. The fourth-order valence-corrected chi connectivity index (χ4v) is 3.23. The van der Waals surface area contributed by atoms with E-state index < -0.39 is 5.92 Å². The number of furan rings is 1. The molecule has 1 aromatic heterocycles. The fraction of sp³-hybridized carbons (Fsp3) is 0.250. The maximum absolute atomic E-state index is 13.7. The SMILES string of the molecule is C#CC(/C=N\N(C)C)c1oc2c(O)c(OC)ccc2c1C(=O)c1cc(OC)cc(OC)c1. The van der Waals surface area contributed by atoms with Crippen molar-refractivity contribution in [1.82, 2.24) is 5.01 Å². The molecule has 0 radical (unpaired) electrons. The van der Waals surface area contributed by atoms with E-state index in [9.17, 15) is 9.90 Å². The molecule has 0 aliphatic carbocycles. The smallest absolute Gasteiger partial charge is 0.202 e. The van der Waals surface area contributed by atoms with E-state index in [1.54, 1.807) is 49.4 Å². The number of phenols is 1. The van der Waals surface area contributed by atoms with Gasteiger partial charge in [0.05, 0.1) is 26.9 Å². The number of phenolic OH excluding ortho intramolecular Hbond substituents is 1. The van der Waals surface area contributed by atoms with Crippen molar-refractivity contribution in [3.63, 3.8) is 0 Å². The zero-order valence-corrected chi connectivity index (χ0v) is 18.5. The largest absolute Gasteiger partial charge is 0.502 e. The number of carbonyl (C=O) groups excluding carboxylic acids is 1. The molecule has 3 rings (SSSR count). The summed E-state index contributed by atoms with van der Waals surface area (Å²) in [6.07, 6.45) is 7.24. The van der Waals surface area contributed by atoms with Gasteiger partial charge in [-0.3, -0.25) is 4.79 Å². The first-order chi connectivity index (χ1) is 15.3. The van der Waals surface area contributed by atoms with Crippen LogP contribution in [0.1, 0.15) is 27.6 Å². The van der Waals surface area contributed by atoms with Gasteiger partial charge in [0.2, 0.25) is 5.75 Å². The maximum Gasteiger partial charge on any atom is 0.202 e. The van der Waals surface area contributed by atoms with Crippen molar-refractivity contribution >= 4 is 23.0 Å². The van der Waals surface area contributed by atoms with Gasteiger partial charge < -0.3 is 28.7 Å². The monoisotopic (exact) mass is 436 g/mol. The van der Waals surface area contributed by atoms with Crippen molar-refractivity contribution in [3.8, 4) is 35.3 Å². The van der Waals surface area contributed by atoms with Crippen LogP contribution in [0.15, 0.2) is 39.9 Å². The lowest BCUT2D eigenvalue weighted by atomic mass is 9.95. The van der Waals surface area contributed by atoms with Crippen LogP contribution < -0.4 is 14.2 Å². The Hall–Kier alpha value is -4.12. The van der Waals surface area contributed by atoms with Gasteiger partial charge in [0.15, 0.2) is 17.1 Å². The summed E-state index contributed by atoms with van der Waals surface area (Å²) in [6.45, 7) is 0. The lowest BCUT2D eigenvalue weighted by Crippen LogP contribution is -2.10. The zero-order chi connectivity index (χ0) is 23.4. The number of rotatable bonds is 8. The molecule has 1 N–H and O–H groups in total. The van der Waals surface area contributed by atoms with Crippen LogP contribution in [0.2, 0.25) is 0 Å². The Morgan fingerprint density at radius 1 is 1.16 bits per heavy atom. The van der Waals surface area contributed by atoms with E-state index in [-0.39, 0.29) is 34.2 Å². The molecule has 1 atom stereocenters. The van der Waals surface area contributed by atoms with Crippen LogP contribution in [-0.4, -0.2) is 57.5 Å². The first-order valence-corrected chi connectivity index (χ1v) is 9.62. The van der Waals surface area contributed by atoms with E-state index in [1.807, 2.05) is 0 Å². The van der Waals surface area contributed by atoms with Crippen molar-refractivity contribution in [3.05, 3.63) is 47.2 Å². The minimum Gasteiger partial charge on any atom is -0.502 e. The third-order valence-corrected chi connectivity index (χ3v) is 4.79. The van der Waals surface area contributed by atoms with Crippen LogP contribution in [-0.2, 0) is 0 Å². The second-order valence-electron chi connectivity index (χ2n) is 7.02. The standard InChI is InChI=1S/C24H24N2O6/c1-7-14(13-25-26(2)3)23-20(18-8-9-19(31-6)22(28)24(18)32-23)21(27)15-10-16(29-4)12-17(11-15)30-5/h1,8-14,28H,2-6H3/b25-13-. The average Bonchev–Trinajstić information content (AvgIpc) is 3.18. The van der Waals surface area contributed by atoms with Gasteiger partial charge in [-0.05, 0) is 24.3 Å². The average molecular weight is 436 g/mol. The topological polar surface area (TPSA) is 93.7 Å². The Morgan fingerprint density at radius 3 is 2.34 bits per heavy atom. The summed E-state index contributed by atoms with van der Waals surface area (Å²) in [4.78, 5) is 13.7. The number of methoxy groups -OCH3 is 3. The van der Waals surface area contributed by atoms with Crippen molar-refractivity contribution in [1.29, 1.82) is 0 Å². The molecule has 8 nitrogen and oxygen atoms in total. The van der Waals surface area contributed by atoms with Gasteiger partial charge in [-0.2, -0.15) is 5.10 Å². The van der Waals surface area contributed by atoms with Crippen LogP contribution >= 0.6 is 0 Å². The van der Waals surface area contributed by atoms with Crippen LogP contribution in [0.5, 0.6) is 23.0 Å². The second kappa shape index (κ2) is 9.35. The Balaban J connectivity index is 2.30. The number of nitrogens with zero attached hydrogens (tertiary/aromatic N) is 2. The van der Waals surface area contributed by atoms with E-state index in [0.717, 1.165) is 0 Å². The van der Waals surface area contributed by atoms with Crippen molar-refractivity contribution in [2.75, 3.05) is 35.4 Å². The molecule has 2 aromatic carbocycles. The van der Waals surface area contributed by atoms with E-state index in [4.69, 9.17) is 25.1 Å². The van der Waals surface area contributed by atoms with Gasteiger partial charge in [-0.25, -0.2) is 0 Å². The Labute approximate surface area is 186 Å². The number of terminal acetylenes is 1. The summed E-state index contributed by atoms with van der Waals surface area (Å²) in [5.41, 5.74) is 0.609. The number of hydrogen-bond donors (Lipinski definition) is 1. The summed E-state index contributed by atoms with van der Waals surface area (Å²) in [7, 11) is 7.91. The highest BCUT2D eigenvalue weighted by atomic mass is 16.5. The number of ketones is 1. The third-order valence-electron chi connectivity index (χ3n) is 4.79. The third kappa shape index (κ3) is 4.18. The minimum atomic E-state index is -0.762. The number of fused-ring (bicyclic) bond motifs is 1. The molecular formula is C24H24N2O6. The Kier molecular flexibility index (Phi) is 6.59. The molecule has 1 unspecified atom stereocenters. The molecule has 0 aliphatic heterocycles. The number of aromatic hydroxyl groups is 1. The normalized spacial score (nSPS) is 11.9. The number of benzene rings is 2. The van der Waals surface area contributed by atoms with Crippen LogP contribution in [0.25, 0.3) is 11.0 Å². The highest BCUT2D eigenvalue weighted by molar-refractivity contribution is 6.18. The Bertz CT molecular complexity index is 1200. The van der Waals surface area contributed by atoms with Gasteiger partial charge in [0.25, 0.3) is 0 Å². The van der Waals surface area contributed by atoms with Gasteiger partial charge in [-0.1, -0.05) is 5.92 Å². The van der Waals surface area contributed by atoms with Crippen LogP contribution in [0.4, 0.5) is 0 Å². The van der Waals surface area contributed by atoms with E-state index in [0.29, 0.717) is 22.4 Å². The summed E-state index contributed by atoms with van der Waals surface area (Å²) in [6, 6.07) is 8.04. The summed E-state index contributed by atoms with van der Waals surface area (Å²) in [5, 5.41) is 16.8. The predicted molar refractivity (Wildman–Crippen MR) is 121 cm³/mol. The van der Waals surface area contributed by atoms with Gasteiger partial charge in [0.1, 0.15) is 23.2 Å². The van der Waals surface area contributed by atoms with E-state index in [2.05, 4.69) is 11.0 Å².